The second-order valence-electron chi connectivity index (χ2n) is 8.51. The normalized spacial score (nSPS) is 21.1. The van der Waals surface area contributed by atoms with Crippen molar-refractivity contribution in [3.63, 3.8) is 0 Å². The molecule has 1 fully saturated rings. The number of amides is 1. The zero-order valence-corrected chi connectivity index (χ0v) is 18.2. The highest BCUT2D eigenvalue weighted by Gasteiger charge is 2.45. The Hall–Kier alpha value is -1.59. The summed E-state index contributed by atoms with van der Waals surface area (Å²) in [5.74, 6) is 0. The van der Waals surface area contributed by atoms with E-state index in [1.54, 1.807) is 0 Å². The number of ether oxygens (including phenoxy) is 1. The minimum atomic E-state index is -1.98. The van der Waals surface area contributed by atoms with Crippen molar-refractivity contribution in [1.82, 2.24) is 4.90 Å². The van der Waals surface area contributed by atoms with Crippen molar-refractivity contribution < 1.29 is 14.0 Å². The van der Waals surface area contributed by atoms with Crippen LogP contribution in [0.25, 0.3) is 0 Å². The summed E-state index contributed by atoms with van der Waals surface area (Å²) in [4.78, 5) is 14.3. The van der Waals surface area contributed by atoms with Gasteiger partial charge in [0, 0.05) is 0 Å². The molecule has 144 valence electrons. The van der Waals surface area contributed by atoms with Crippen molar-refractivity contribution in [3.05, 3.63) is 48.0 Å². The minimum absolute atomic E-state index is 0.0630. The topological polar surface area (TPSA) is 38.8 Å². The van der Waals surface area contributed by atoms with E-state index >= 15 is 0 Å². The molecule has 0 radical (unpaired) electrons. The van der Waals surface area contributed by atoms with Gasteiger partial charge < -0.3 is 9.16 Å². The Morgan fingerprint density at radius 1 is 1.27 bits per heavy atom. The van der Waals surface area contributed by atoms with Gasteiger partial charge in [-0.3, -0.25) is 4.90 Å². The number of hydrogen-bond donors (Lipinski definition) is 0. The predicted octanol–water partition coefficient (Wildman–Crippen LogP) is 5.53. The monoisotopic (exact) mass is 375 g/mol. The molecule has 3 atom stereocenters. The molecule has 1 amide bonds. The molecule has 1 aliphatic heterocycles. The third-order valence-electron chi connectivity index (χ3n) is 5.64. The quantitative estimate of drug-likeness (QED) is 0.484. The van der Waals surface area contributed by atoms with Crippen LogP contribution >= 0.6 is 0 Å². The molecular weight excluding hydrogens is 342 g/mol. The molecule has 0 saturated carbocycles. The zero-order valence-electron chi connectivity index (χ0n) is 17.2. The van der Waals surface area contributed by atoms with Crippen LogP contribution in [0.5, 0.6) is 0 Å². The van der Waals surface area contributed by atoms with Gasteiger partial charge in [0.05, 0.1) is 18.2 Å². The third-order valence-corrected chi connectivity index (χ3v) is 10.1. The zero-order chi connectivity index (χ0) is 19.5. The Morgan fingerprint density at radius 3 is 2.42 bits per heavy atom. The maximum atomic E-state index is 12.5. The van der Waals surface area contributed by atoms with Gasteiger partial charge in [-0.2, -0.15) is 0 Å². The van der Waals surface area contributed by atoms with E-state index in [-0.39, 0.29) is 29.3 Å². The van der Waals surface area contributed by atoms with Crippen molar-refractivity contribution in [2.75, 3.05) is 6.61 Å². The molecule has 2 rings (SSSR count). The van der Waals surface area contributed by atoms with Gasteiger partial charge in [0.2, 0.25) is 0 Å². The molecule has 4 nitrogen and oxygen atoms in total. The molecule has 1 aromatic rings. The Kier molecular flexibility index (Phi) is 6.35. The molecule has 0 bridgehead atoms. The highest BCUT2D eigenvalue weighted by molar-refractivity contribution is 6.74. The van der Waals surface area contributed by atoms with E-state index in [4.69, 9.17) is 9.16 Å². The number of carbonyl (C=O) groups excluding carboxylic acids is 1. The molecule has 1 heterocycles. The van der Waals surface area contributed by atoms with Crippen LogP contribution in [0.2, 0.25) is 18.1 Å². The lowest BCUT2D eigenvalue weighted by atomic mass is 10.0. The second-order valence-corrected chi connectivity index (χ2v) is 13.3. The average Bonchev–Trinajstić information content (AvgIpc) is 2.95. The SMILES string of the molecule is C/C=C/[C@@H](O[Si](C)(C)C(C)(C)C)[C@@H]1COC(=O)N1[C@H](C)c1ccccc1. The van der Waals surface area contributed by atoms with Gasteiger partial charge in [-0.1, -0.05) is 63.3 Å². The van der Waals surface area contributed by atoms with Crippen molar-refractivity contribution in [2.24, 2.45) is 0 Å². The highest BCUT2D eigenvalue weighted by Crippen LogP contribution is 2.39. The van der Waals surface area contributed by atoms with Gasteiger partial charge in [-0.05, 0) is 37.5 Å². The standard InChI is InChI=1S/C21H33NO3Si/c1-8-12-19(25-26(6,7)21(3,4)5)18-15-24-20(23)22(18)16(2)17-13-10-9-11-14-17/h8-14,16,18-19H,15H2,1-7H3/b12-8+/t16-,18+,19-/m1/s1. The predicted molar refractivity (Wildman–Crippen MR) is 109 cm³/mol. The minimum Gasteiger partial charge on any atom is -0.447 e. The number of rotatable bonds is 6. The average molecular weight is 376 g/mol. The summed E-state index contributed by atoms with van der Waals surface area (Å²) in [5, 5.41) is 0.103. The molecule has 1 saturated heterocycles. The number of cyclic esters (lactones) is 1. The van der Waals surface area contributed by atoms with Gasteiger partial charge in [0.1, 0.15) is 6.61 Å². The van der Waals surface area contributed by atoms with Gasteiger partial charge >= 0.3 is 6.09 Å². The Balaban J connectivity index is 2.30. The van der Waals surface area contributed by atoms with Gasteiger partial charge in [-0.25, -0.2) is 4.79 Å². The lowest BCUT2D eigenvalue weighted by Crippen LogP contribution is -2.51. The fraction of sp³-hybridized carbons (Fsp3) is 0.571. The molecule has 5 heteroatoms. The summed E-state index contributed by atoms with van der Waals surface area (Å²) in [5.41, 5.74) is 1.10. The van der Waals surface area contributed by atoms with Crippen molar-refractivity contribution >= 4 is 14.4 Å². The van der Waals surface area contributed by atoms with Crippen LogP contribution in [0.4, 0.5) is 4.79 Å². The Morgan fingerprint density at radius 2 is 1.88 bits per heavy atom. The van der Waals surface area contributed by atoms with Crippen LogP contribution < -0.4 is 0 Å². The molecule has 0 unspecified atom stereocenters. The van der Waals surface area contributed by atoms with Crippen LogP contribution in [-0.4, -0.2) is 38.1 Å². The molecule has 0 spiro atoms. The molecule has 1 aliphatic rings. The first kappa shape index (κ1) is 20.7. The number of allylic oxidation sites excluding steroid dienone is 1. The Labute approximate surface area is 159 Å². The molecule has 26 heavy (non-hydrogen) atoms. The first-order valence-electron chi connectivity index (χ1n) is 9.39. The van der Waals surface area contributed by atoms with Gasteiger partial charge in [-0.15, -0.1) is 0 Å². The van der Waals surface area contributed by atoms with E-state index in [1.807, 2.05) is 55.2 Å². The van der Waals surface area contributed by atoms with E-state index in [0.29, 0.717) is 6.61 Å². The fourth-order valence-electron chi connectivity index (χ4n) is 2.99. The maximum absolute atomic E-state index is 12.5. The molecule has 0 aliphatic carbocycles. The summed E-state index contributed by atoms with van der Waals surface area (Å²) in [6.45, 7) is 15.6. The van der Waals surface area contributed by atoms with Crippen LogP contribution in [0.1, 0.15) is 46.2 Å². The van der Waals surface area contributed by atoms with E-state index in [2.05, 4.69) is 39.9 Å². The molecular formula is C21H33NO3Si. The van der Waals surface area contributed by atoms with Crippen LogP contribution in [0, 0.1) is 0 Å². The number of carbonyl (C=O) groups is 1. The Bertz CT molecular complexity index is 636. The third kappa shape index (κ3) is 4.38. The summed E-state index contributed by atoms with van der Waals surface area (Å²) < 4.78 is 12.1. The summed E-state index contributed by atoms with van der Waals surface area (Å²) >= 11 is 0. The van der Waals surface area contributed by atoms with E-state index in [9.17, 15) is 4.79 Å². The van der Waals surface area contributed by atoms with Gasteiger partial charge in [0.25, 0.3) is 0 Å². The molecule has 1 aromatic carbocycles. The van der Waals surface area contributed by atoms with Crippen LogP contribution in [0.15, 0.2) is 42.5 Å². The van der Waals surface area contributed by atoms with Crippen molar-refractivity contribution in [2.45, 2.75) is 70.9 Å². The van der Waals surface area contributed by atoms with Crippen molar-refractivity contribution in [1.29, 1.82) is 0 Å². The maximum Gasteiger partial charge on any atom is 0.410 e. The van der Waals surface area contributed by atoms with E-state index in [0.717, 1.165) is 5.56 Å². The highest BCUT2D eigenvalue weighted by atomic mass is 28.4. The number of nitrogens with zero attached hydrogens (tertiary/aromatic N) is 1. The molecule has 0 N–H and O–H groups in total. The summed E-state index contributed by atoms with van der Waals surface area (Å²) in [7, 11) is -1.98. The first-order chi connectivity index (χ1) is 12.1. The summed E-state index contributed by atoms with van der Waals surface area (Å²) in [6.07, 6.45) is 3.64. The largest absolute Gasteiger partial charge is 0.447 e. The number of benzene rings is 1. The fourth-order valence-corrected chi connectivity index (χ4v) is 4.26. The van der Waals surface area contributed by atoms with Crippen LogP contribution in [-0.2, 0) is 9.16 Å². The van der Waals surface area contributed by atoms with E-state index in [1.165, 1.54) is 0 Å². The lowest BCUT2D eigenvalue weighted by molar-refractivity contribution is 0.107. The first-order valence-corrected chi connectivity index (χ1v) is 12.3. The number of hydrogen-bond acceptors (Lipinski definition) is 3. The van der Waals surface area contributed by atoms with Crippen molar-refractivity contribution in [3.8, 4) is 0 Å². The van der Waals surface area contributed by atoms with E-state index < -0.39 is 8.32 Å². The van der Waals surface area contributed by atoms with Crippen LogP contribution in [0.3, 0.4) is 0 Å². The second kappa shape index (κ2) is 7.97. The van der Waals surface area contributed by atoms with Gasteiger partial charge in [0.15, 0.2) is 8.32 Å². The summed E-state index contributed by atoms with van der Waals surface area (Å²) in [6, 6.07) is 9.89. The smallest absolute Gasteiger partial charge is 0.410 e. The molecule has 0 aromatic heterocycles. The lowest BCUT2D eigenvalue weighted by Gasteiger charge is -2.41.